The fraction of sp³-hybridized carbons (Fsp3) is 0.211. The van der Waals surface area contributed by atoms with Crippen molar-refractivity contribution in [3.05, 3.63) is 42.0 Å². The lowest BCUT2D eigenvalue weighted by molar-refractivity contribution is -0.121. The van der Waals surface area contributed by atoms with Gasteiger partial charge in [0.1, 0.15) is 6.54 Å². The Bertz CT molecular complexity index is 1100. The van der Waals surface area contributed by atoms with Crippen molar-refractivity contribution in [2.45, 2.75) is 6.54 Å². The summed E-state index contributed by atoms with van der Waals surface area (Å²) in [5.74, 6) is 2.46. The molecule has 11 heteroatoms. The van der Waals surface area contributed by atoms with Gasteiger partial charge in [0.2, 0.25) is 6.79 Å². The second-order valence-corrected chi connectivity index (χ2v) is 6.14. The van der Waals surface area contributed by atoms with E-state index in [2.05, 4.69) is 26.1 Å². The largest absolute Gasteiger partial charge is 0.493 e. The third-order valence-corrected chi connectivity index (χ3v) is 4.27. The number of nitrogens with zero attached hydrogens (tertiary/aromatic N) is 5. The molecule has 0 spiro atoms. The molecule has 0 fully saturated rings. The van der Waals surface area contributed by atoms with E-state index in [1.54, 1.807) is 50.6 Å². The van der Waals surface area contributed by atoms with Crippen molar-refractivity contribution >= 4 is 12.1 Å². The fourth-order valence-electron chi connectivity index (χ4n) is 2.84. The summed E-state index contributed by atoms with van der Waals surface area (Å²) in [5, 5.41) is 15.5. The number of tetrazole rings is 1. The minimum atomic E-state index is -0.388. The first-order valence-electron chi connectivity index (χ1n) is 8.88. The normalized spacial score (nSPS) is 12.2. The zero-order valence-corrected chi connectivity index (χ0v) is 16.2. The van der Waals surface area contributed by atoms with E-state index in [9.17, 15) is 4.79 Å². The van der Waals surface area contributed by atoms with Crippen molar-refractivity contribution in [2.24, 2.45) is 5.10 Å². The second kappa shape index (κ2) is 8.47. The molecular weight excluding hydrogens is 392 g/mol. The minimum absolute atomic E-state index is 0.111. The summed E-state index contributed by atoms with van der Waals surface area (Å²) in [6.45, 7) is 0.0598. The Hall–Kier alpha value is -4.15. The van der Waals surface area contributed by atoms with Gasteiger partial charge in [-0.25, -0.2) is 10.1 Å². The molecule has 30 heavy (non-hydrogen) atoms. The van der Waals surface area contributed by atoms with Gasteiger partial charge in [0.15, 0.2) is 28.8 Å². The average molecular weight is 410 g/mol. The van der Waals surface area contributed by atoms with Crippen LogP contribution < -0.4 is 24.4 Å². The highest BCUT2D eigenvalue weighted by Gasteiger charge is 2.18. The Labute approximate surface area is 171 Å². The van der Waals surface area contributed by atoms with Crippen LogP contribution in [0.25, 0.3) is 11.4 Å². The van der Waals surface area contributed by atoms with Crippen LogP contribution in [0.2, 0.25) is 0 Å². The molecule has 0 unspecified atom stereocenters. The quantitative estimate of drug-likeness (QED) is 0.456. The molecule has 0 aliphatic carbocycles. The number of amides is 1. The molecule has 0 bridgehead atoms. The van der Waals surface area contributed by atoms with Crippen LogP contribution in [0.15, 0.2) is 41.5 Å². The summed E-state index contributed by atoms with van der Waals surface area (Å²) in [7, 11) is 3.10. The SMILES string of the molecule is COc1ccc(/C=N/NC(=O)Cn2nnnc2-c2ccc3c(c2)OCO3)cc1OC. The number of ether oxygens (including phenoxy) is 4. The van der Waals surface area contributed by atoms with E-state index in [-0.39, 0.29) is 19.2 Å². The van der Waals surface area contributed by atoms with E-state index in [4.69, 9.17) is 18.9 Å². The molecule has 154 valence electrons. The molecule has 4 rings (SSSR count). The maximum atomic E-state index is 12.3. The van der Waals surface area contributed by atoms with Gasteiger partial charge in [-0.1, -0.05) is 0 Å². The lowest BCUT2D eigenvalue weighted by Crippen LogP contribution is -2.24. The second-order valence-electron chi connectivity index (χ2n) is 6.14. The zero-order chi connectivity index (χ0) is 20.9. The first kappa shape index (κ1) is 19.2. The molecule has 0 saturated heterocycles. The average Bonchev–Trinajstić information content (AvgIpc) is 3.42. The van der Waals surface area contributed by atoms with Crippen LogP contribution in [0.4, 0.5) is 0 Å². The number of carbonyl (C=O) groups is 1. The molecule has 2 heterocycles. The molecule has 11 nitrogen and oxygen atoms in total. The monoisotopic (exact) mass is 410 g/mol. The number of carbonyl (C=O) groups excluding carboxylic acids is 1. The number of hydrazone groups is 1. The summed E-state index contributed by atoms with van der Waals surface area (Å²) in [5.41, 5.74) is 3.89. The van der Waals surface area contributed by atoms with Crippen molar-refractivity contribution in [2.75, 3.05) is 21.0 Å². The maximum absolute atomic E-state index is 12.3. The van der Waals surface area contributed by atoms with Gasteiger partial charge in [-0.05, 0) is 52.4 Å². The Balaban J connectivity index is 1.41. The number of aromatic nitrogens is 4. The van der Waals surface area contributed by atoms with E-state index in [1.165, 1.54) is 10.9 Å². The number of nitrogens with one attached hydrogen (secondary N) is 1. The molecule has 3 aromatic rings. The molecule has 0 atom stereocenters. The third kappa shape index (κ3) is 3.99. The van der Waals surface area contributed by atoms with Crippen LogP contribution in [0.1, 0.15) is 5.56 Å². The van der Waals surface area contributed by atoms with Gasteiger partial charge in [0, 0.05) is 5.56 Å². The summed E-state index contributed by atoms with van der Waals surface area (Å²) >= 11 is 0. The molecule has 1 aliphatic rings. The van der Waals surface area contributed by atoms with Crippen molar-refractivity contribution in [1.82, 2.24) is 25.6 Å². The third-order valence-electron chi connectivity index (χ3n) is 4.27. The van der Waals surface area contributed by atoms with Gasteiger partial charge >= 0.3 is 0 Å². The van der Waals surface area contributed by atoms with Crippen molar-refractivity contribution in [3.63, 3.8) is 0 Å². The molecule has 2 aromatic carbocycles. The maximum Gasteiger partial charge on any atom is 0.261 e. The molecule has 1 N–H and O–H groups in total. The standard InChI is InChI=1S/C19H18N6O5/c1-27-14-5-3-12(7-16(14)28-2)9-20-21-18(26)10-25-19(22-23-24-25)13-4-6-15-17(8-13)30-11-29-15/h3-9H,10-11H2,1-2H3,(H,21,26)/b20-9+. The van der Waals surface area contributed by atoms with E-state index >= 15 is 0 Å². The Morgan fingerprint density at radius 2 is 2.00 bits per heavy atom. The van der Waals surface area contributed by atoms with Gasteiger partial charge in [-0.15, -0.1) is 5.10 Å². The molecule has 1 aliphatic heterocycles. The fourth-order valence-corrected chi connectivity index (χ4v) is 2.84. The lowest BCUT2D eigenvalue weighted by Gasteiger charge is -2.07. The van der Waals surface area contributed by atoms with Crippen molar-refractivity contribution < 1.29 is 23.7 Å². The van der Waals surface area contributed by atoms with E-state index in [1.807, 2.05) is 0 Å². The van der Waals surface area contributed by atoms with Gasteiger partial charge in [0.25, 0.3) is 5.91 Å². The van der Waals surface area contributed by atoms with Crippen LogP contribution in [0.5, 0.6) is 23.0 Å². The van der Waals surface area contributed by atoms with Crippen LogP contribution in [0, 0.1) is 0 Å². The Morgan fingerprint density at radius 1 is 1.17 bits per heavy atom. The summed E-state index contributed by atoms with van der Waals surface area (Å²) in [6.07, 6.45) is 1.50. The smallest absolute Gasteiger partial charge is 0.261 e. The first-order valence-corrected chi connectivity index (χ1v) is 8.88. The molecule has 0 radical (unpaired) electrons. The number of rotatable bonds is 7. The molecule has 1 aromatic heterocycles. The summed E-state index contributed by atoms with van der Waals surface area (Å²) < 4.78 is 22.5. The number of fused-ring (bicyclic) bond motifs is 1. The molecule has 1 amide bonds. The first-order chi connectivity index (χ1) is 14.7. The number of methoxy groups -OCH3 is 2. The lowest BCUT2D eigenvalue weighted by atomic mass is 10.2. The van der Waals surface area contributed by atoms with E-state index < -0.39 is 0 Å². The summed E-state index contributed by atoms with van der Waals surface area (Å²) in [6, 6.07) is 10.6. The van der Waals surface area contributed by atoms with Gasteiger partial charge < -0.3 is 18.9 Å². The van der Waals surface area contributed by atoms with E-state index in [0.29, 0.717) is 34.4 Å². The number of hydrogen-bond donors (Lipinski definition) is 1. The van der Waals surface area contributed by atoms with E-state index in [0.717, 1.165) is 5.56 Å². The van der Waals surface area contributed by atoms with Crippen LogP contribution >= 0.6 is 0 Å². The Kier molecular flexibility index (Phi) is 5.42. The van der Waals surface area contributed by atoms with Gasteiger partial charge in [-0.2, -0.15) is 5.10 Å². The van der Waals surface area contributed by atoms with Crippen molar-refractivity contribution in [3.8, 4) is 34.4 Å². The van der Waals surface area contributed by atoms with Crippen LogP contribution in [-0.4, -0.2) is 53.3 Å². The minimum Gasteiger partial charge on any atom is -0.493 e. The highest BCUT2D eigenvalue weighted by Crippen LogP contribution is 2.35. The van der Waals surface area contributed by atoms with Gasteiger partial charge in [-0.3, -0.25) is 4.79 Å². The highest BCUT2D eigenvalue weighted by molar-refractivity contribution is 5.83. The van der Waals surface area contributed by atoms with Crippen molar-refractivity contribution in [1.29, 1.82) is 0 Å². The van der Waals surface area contributed by atoms with Gasteiger partial charge in [0.05, 0.1) is 20.4 Å². The Morgan fingerprint density at radius 3 is 2.83 bits per heavy atom. The predicted molar refractivity (Wildman–Crippen MR) is 105 cm³/mol. The number of hydrogen-bond acceptors (Lipinski definition) is 9. The molecule has 0 saturated carbocycles. The zero-order valence-electron chi connectivity index (χ0n) is 16.2. The number of benzene rings is 2. The van der Waals surface area contributed by atoms with Crippen LogP contribution in [-0.2, 0) is 11.3 Å². The summed E-state index contributed by atoms with van der Waals surface area (Å²) in [4.78, 5) is 12.3. The topological polar surface area (TPSA) is 122 Å². The predicted octanol–water partition coefficient (Wildman–Crippen LogP) is 1.24. The highest BCUT2D eigenvalue weighted by atomic mass is 16.7. The van der Waals surface area contributed by atoms with Crippen LogP contribution in [0.3, 0.4) is 0 Å². The molecular formula is C19H18N6O5.